The van der Waals surface area contributed by atoms with Crippen molar-refractivity contribution in [2.75, 3.05) is 5.75 Å². The molecule has 5 fully saturated rings. The molecule has 2 N–H and O–H groups in total. The van der Waals surface area contributed by atoms with Gasteiger partial charge in [0.25, 0.3) is 5.91 Å². The van der Waals surface area contributed by atoms with Crippen LogP contribution in [0.3, 0.4) is 0 Å². The van der Waals surface area contributed by atoms with Crippen molar-refractivity contribution < 1.29 is 14.4 Å². The molecule has 6 nitrogen and oxygen atoms in total. The maximum atomic E-state index is 13.1. The fourth-order valence-electron chi connectivity index (χ4n) is 8.59. The number of aryl methyl sites for hydroxylation is 1. The molecule has 0 aromatic heterocycles. The van der Waals surface area contributed by atoms with E-state index in [2.05, 4.69) is 41.0 Å². The Morgan fingerprint density at radius 2 is 1.62 bits per heavy atom. The molecule has 4 saturated carbocycles. The third-order valence-corrected chi connectivity index (χ3v) is 11.3. The summed E-state index contributed by atoms with van der Waals surface area (Å²) in [6.45, 7) is 1.42. The molecule has 0 radical (unpaired) electrons. The van der Waals surface area contributed by atoms with E-state index in [1.807, 2.05) is 12.1 Å². The van der Waals surface area contributed by atoms with Crippen LogP contribution in [0.4, 0.5) is 0 Å². The summed E-state index contributed by atoms with van der Waals surface area (Å²) < 4.78 is 0. The Morgan fingerprint density at radius 3 is 2.33 bits per heavy atom. The minimum Gasteiger partial charge on any atom is -0.322 e. The van der Waals surface area contributed by atoms with Gasteiger partial charge in [-0.3, -0.25) is 19.7 Å². The van der Waals surface area contributed by atoms with E-state index >= 15 is 0 Å². The molecule has 4 bridgehead atoms. The van der Waals surface area contributed by atoms with Crippen LogP contribution in [-0.4, -0.2) is 40.0 Å². The predicted octanol–water partition coefficient (Wildman–Crippen LogP) is 5.23. The first kappa shape index (κ1) is 26.3. The van der Waals surface area contributed by atoms with Crippen LogP contribution in [0.2, 0.25) is 0 Å². The summed E-state index contributed by atoms with van der Waals surface area (Å²) in [5.41, 5.74) is 4.87. The zero-order chi connectivity index (χ0) is 27.3. The van der Waals surface area contributed by atoms with Gasteiger partial charge in [0.2, 0.25) is 11.8 Å². The maximum absolute atomic E-state index is 13.1. The van der Waals surface area contributed by atoms with Crippen LogP contribution in [0.15, 0.2) is 47.4 Å². The van der Waals surface area contributed by atoms with Gasteiger partial charge in [0.05, 0.1) is 0 Å². The Kier molecular flexibility index (Phi) is 6.99. The van der Waals surface area contributed by atoms with E-state index in [4.69, 9.17) is 0 Å². The van der Waals surface area contributed by atoms with Crippen LogP contribution in [0.25, 0.3) is 0 Å². The smallest absolute Gasteiger partial charge is 0.255 e. The van der Waals surface area contributed by atoms with E-state index in [0.29, 0.717) is 24.1 Å². The summed E-state index contributed by atoms with van der Waals surface area (Å²) in [7, 11) is 0. The number of hydrogen-bond donors (Lipinski definition) is 2. The van der Waals surface area contributed by atoms with Crippen LogP contribution in [-0.2, 0) is 29.1 Å². The second-order valence-electron chi connectivity index (χ2n) is 13.0. The monoisotopic (exact) mass is 557 g/mol. The average molecular weight is 558 g/mol. The second kappa shape index (κ2) is 10.6. The SMILES string of the molecule is O=C1CCC(N2Cc3c(SCCCc4ccc(CNC56CC7CC(CC(C7)C5)C6)cc4)cccc3C2=O)C(=O)N1. The van der Waals surface area contributed by atoms with Crippen LogP contribution in [0.5, 0.6) is 0 Å². The Hall–Kier alpha value is -2.64. The van der Waals surface area contributed by atoms with Crippen LogP contribution in [0.1, 0.15) is 84.8 Å². The van der Waals surface area contributed by atoms with Gasteiger partial charge < -0.3 is 10.2 Å². The predicted molar refractivity (Wildman–Crippen MR) is 156 cm³/mol. The average Bonchev–Trinajstić information content (AvgIpc) is 3.26. The molecule has 2 aromatic carbocycles. The molecule has 0 spiro atoms. The molecule has 2 heterocycles. The van der Waals surface area contributed by atoms with Crippen molar-refractivity contribution in [3.63, 3.8) is 0 Å². The van der Waals surface area contributed by atoms with Gasteiger partial charge in [0.1, 0.15) is 6.04 Å². The first-order valence-electron chi connectivity index (χ1n) is 15.2. The van der Waals surface area contributed by atoms with Gasteiger partial charge in [-0.1, -0.05) is 30.3 Å². The summed E-state index contributed by atoms with van der Waals surface area (Å²) in [6.07, 6.45) is 11.4. The number of carbonyl (C=O) groups excluding carboxylic acids is 3. The number of amides is 3. The molecule has 1 atom stereocenters. The van der Waals surface area contributed by atoms with Crippen molar-refractivity contribution in [3.8, 4) is 0 Å². The molecule has 6 aliphatic rings. The quantitative estimate of drug-likeness (QED) is 0.251. The molecule has 8 rings (SSSR count). The number of nitrogens with zero attached hydrogens (tertiary/aromatic N) is 1. The molecule has 1 unspecified atom stereocenters. The fourth-order valence-corrected chi connectivity index (χ4v) is 9.62. The molecule has 7 heteroatoms. The van der Waals surface area contributed by atoms with E-state index < -0.39 is 6.04 Å². The van der Waals surface area contributed by atoms with Crippen molar-refractivity contribution in [1.82, 2.24) is 15.5 Å². The van der Waals surface area contributed by atoms with Gasteiger partial charge in [0.15, 0.2) is 0 Å². The van der Waals surface area contributed by atoms with E-state index in [1.54, 1.807) is 16.7 Å². The lowest BCUT2D eigenvalue weighted by Gasteiger charge is -2.57. The zero-order valence-corrected chi connectivity index (χ0v) is 23.9. The van der Waals surface area contributed by atoms with Gasteiger partial charge in [-0.25, -0.2) is 0 Å². The first-order valence-corrected chi connectivity index (χ1v) is 16.2. The highest BCUT2D eigenvalue weighted by molar-refractivity contribution is 7.99. The maximum Gasteiger partial charge on any atom is 0.255 e. The number of imide groups is 1. The summed E-state index contributed by atoms with van der Waals surface area (Å²) >= 11 is 1.79. The highest BCUT2D eigenvalue weighted by Gasteiger charge is 2.50. The minimum absolute atomic E-state index is 0.107. The zero-order valence-electron chi connectivity index (χ0n) is 23.1. The lowest BCUT2D eigenvalue weighted by atomic mass is 9.53. The Labute approximate surface area is 241 Å². The molecule has 2 aliphatic heterocycles. The summed E-state index contributed by atoms with van der Waals surface area (Å²) in [5, 5.41) is 6.40. The number of hydrogen-bond acceptors (Lipinski definition) is 5. The summed E-state index contributed by atoms with van der Waals surface area (Å²) in [5.74, 6) is 3.16. The topological polar surface area (TPSA) is 78.5 Å². The Balaban J connectivity index is 0.896. The number of fused-ring (bicyclic) bond motifs is 1. The minimum atomic E-state index is -0.568. The van der Waals surface area contributed by atoms with Crippen molar-refractivity contribution >= 4 is 29.5 Å². The van der Waals surface area contributed by atoms with Crippen molar-refractivity contribution in [2.24, 2.45) is 17.8 Å². The third kappa shape index (κ3) is 5.11. The number of rotatable bonds is 9. The largest absolute Gasteiger partial charge is 0.322 e. The number of benzene rings is 2. The van der Waals surface area contributed by atoms with Crippen LogP contribution < -0.4 is 10.6 Å². The highest BCUT2D eigenvalue weighted by Crippen LogP contribution is 2.55. The highest BCUT2D eigenvalue weighted by atomic mass is 32.2. The van der Waals surface area contributed by atoms with Gasteiger partial charge in [-0.2, -0.15) is 0 Å². The van der Waals surface area contributed by atoms with E-state index in [9.17, 15) is 14.4 Å². The van der Waals surface area contributed by atoms with Crippen LogP contribution >= 0.6 is 11.8 Å². The standard InChI is InChI=1S/C33H39N3O3S/c37-30-11-10-28(31(38)35-30)36-20-27-26(32(36)39)4-1-5-29(27)40-12-2-3-21-6-8-22(9-7-21)19-34-33-16-23-13-24(17-33)15-25(14-23)18-33/h1,4-9,23-25,28,34H,2-3,10-20H2,(H,35,37,38). The van der Waals surface area contributed by atoms with E-state index in [-0.39, 0.29) is 24.1 Å². The van der Waals surface area contributed by atoms with Crippen LogP contribution in [0, 0.1) is 17.8 Å². The number of carbonyl (C=O) groups is 3. The van der Waals surface area contributed by atoms with Crippen molar-refractivity contribution in [2.45, 2.75) is 93.8 Å². The Bertz CT molecular complexity index is 1290. The summed E-state index contributed by atoms with van der Waals surface area (Å²) in [4.78, 5) is 39.7. The molecule has 1 saturated heterocycles. The molecular weight excluding hydrogens is 518 g/mol. The fraction of sp³-hybridized carbons (Fsp3) is 0.545. The normalized spacial score (nSPS) is 30.6. The lowest BCUT2D eigenvalue weighted by molar-refractivity contribution is -0.136. The first-order chi connectivity index (χ1) is 19.4. The van der Waals surface area contributed by atoms with Crippen molar-refractivity contribution in [1.29, 1.82) is 0 Å². The molecular formula is C33H39N3O3S. The van der Waals surface area contributed by atoms with Crippen molar-refractivity contribution in [3.05, 3.63) is 64.7 Å². The number of nitrogens with one attached hydrogen (secondary N) is 2. The van der Waals surface area contributed by atoms with Gasteiger partial charge in [-0.05, 0) is 110 Å². The second-order valence-corrected chi connectivity index (χ2v) is 14.1. The van der Waals surface area contributed by atoms with E-state index in [1.165, 1.54) is 49.7 Å². The van der Waals surface area contributed by atoms with Gasteiger partial charge in [0, 0.05) is 35.5 Å². The van der Waals surface area contributed by atoms with E-state index in [0.717, 1.165) is 53.4 Å². The third-order valence-electron chi connectivity index (χ3n) is 10.1. The molecule has 3 amide bonds. The molecule has 210 valence electrons. The summed E-state index contributed by atoms with van der Waals surface area (Å²) in [6, 6.07) is 14.5. The Morgan fingerprint density at radius 1 is 0.925 bits per heavy atom. The number of thioether (sulfide) groups is 1. The van der Waals surface area contributed by atoms with Gasteiger partial charge in [-0.15, -0.1) is 11.8 Å². The molecule has 2 aromatic rings. The number of piperidine rings is 1. The lowest BCUT2D eigenvalue weighted by Crippen LogP contribution is -2.58. The molecule has 40 heavy (non-hydrogen) atoms. The van der Waals surface area contributed by atoms with Gasteiger partial charge >= 0.3 is 0 Å². The molecule has 4 aliphatic carbocycles.